The van der Waals surface area contributed by atoms with Gasteiger partial charge in [0.2, 0.25) is 5.91 Å². The smallest absolute Gasteiger partial charge is 0.304 e. The van der Waals surface area contributed by atoms with Gasteiger partial charge in [-0.25, -0.2) is 4.39 Å². The zero-order valence-corrected chi connectivity index (χ0v) is 8.48. The van der Waals surface area contributed by atoms with Crippen LogP contribution in [0.15, 0.2) is 24.3 Å². The predicted octanol–water partition coefficient (Wildman–Crippen LogP) is 0.906. The molecule has 1 atom stereocenters. The normalized spacial score (nSPS) is 11.2. The van der Waals surface area contributed by atoms with Crippen molar-refractivity contribution < 1.29 is 9.18 Å². The second-order valence-electron chi connectivity index (χ2n) is 3.13. The first-order valence-corrected chi connectivity index (χ1v) is 4.57. The first-order valence-electron chi connectivity index (χ1n) is 4.57. The third kappa shape index (κ3) is 3.84. The van der Waals surface area contributed by atoms with Crippen molar-refractivity contribution in [2.24, 2.45) is 5.73 Å². The van der Waals surface area contributed by atoms with Crippen LogP contribution in [0.2, 0.25) is 0 Å². The summed E-state index contributed by atoms with van der Waals surface area (Å²) >= 11 is 0. The van der Waals surface area contributed by atoms with E-state index in [0.29, 0.717) is 5.69 Å². The van der Waals surface area contributed by atoms with Crippen LogP contribution in [0.1, 0.15) is 6.42 Å². The maximum Gasteiger partial charge on any atom is 0.304 e. The number of carbonyl (C=O) groups excluding carboxylic acids is 1. The lowest BCUT2D eigenvalue weighted by molar-refractivity contribution is -0.118. The minimum atomic E-state index is -0.520. The first-order chi connectivity index (χ1) is 7.61. The molecule has 6 heteroatoms. The molecule has 1 amide bonds. The van der Waals surface area contributed by atoms with E-state index in [1.165, 1.54) is 24.3 Å². The molecule has 5 nitrogen and oxygen atoms in total. The van der Waals surface area contributed by atoms with Crippen molar-refractivity contribution >= 4 is 11.6 Å². The minimum Gasteiger partial charge on any atom is -0.370 e. The SMILES string of the molecule is C#[N+]NC(CC(N)=O)Nc1ccc(F)cc1. The molecule has 16 heavy (non-hydrogen) atoms. The summed E-state index contributed by atoms with van der Waals surface area (Å²) in [5.74, 6) is -0.843. The van der Waals surface area contributed by atoms with E-state index < -0.39 is 12.1 Å². The highest BCUT2D eigenvalue weighted by Gasteiger charge is 2.14. The van der Waals surface area contributed by atoms with Gasteiger partial charge in [0.05, 0.1) is 11.4 Å². The molecule has 0 radical (unpaired) electrons. The van der Waals surface area contributed by atoms with E-state index in [1.807, 2.05) is 0 Å². The number of primary amides is 1. The molecule has 0 aliphatic carbocycles. The van der Waals surface area contributed by atoms with Gasteiger partial charge in [0.15, 0.2) is 6.17 Å². The Morgan fingerprint density at radius 1 is 1.50 bits per heavy atom. The number of halogens is 1. The van der Waals surface area contributed by atoms with Crippen molar-refractivity contribution in [3.05, 3.63) is 35.0 Å². The maximum atomic E-state index is 12.6. The van der Waals surface area contributed by atoms with Crippen molar-refractivity contribution in [1.29, 1.82) is 0 Å². The molecule has 0 bridgehead atoms. The Labute approximate surface area is 92.2 Å². The lowest BCUT2D eigenvalue weighted by Gasteiger charge is -2.12. The van der Waals surface area contributed by atoms with Gasteiger partial charge in [0, 0.05) is 5.69 Å². The van der Waals surface area contributed by atoms with Gasteiger partial charge in [0.25, 0.3) is 0 Å². The Morgan fingerprint density at radius 3 is 2.62 bits per heavy atom. The van der Waals surface area contributed by atoms with Crippen LogP contribution < -0.4 is 16.5 Å². The van der Waals surface area contributed by atoms with Gasteiger partial charge in [-0.1, -0.05) is 5.43 Å². The molecule has 0 aliphatic heterocycles. The van der Waals surface area contributed by atoms with E-state index in [0.717, 1.165) is 0 Å². The molecule has 0 fully saturated rings. The van der Waals surface area contributed by atoms with Crippen LogP contribution in [0.25, 0.3) is 4.95 Å². The van der Waals surface area contributed by atoms with Gasteiger partial charge in [-0.05, 0) is 24.3 Å². The van der Waals surface area contributed by atoms with Crippen molar-refractivity contribution in [2.75, 3.05) is 5.32 Å². The second-order valence-corrected chi connectivity index (χ2v) is 3.13. The quantitative estimate of drug-likeness (QED) is 0.513. The van der Waals surface area contributed by atoms with Crippen molar-refractivity contribution in [1.82, 2.24) is 5.43 Å². The molecule has 0 saturated carbocycles. The van der Waals surface area contributed by atoms with Gasteiger partial charge in [-0.15, -0.1) is 0 Å². The van der Waals surface area contributed by atoms with E-state index >= 15 is 0 Å². The number of carbonyl (C=O) groups is 1. The summed E-state index contributed by atoms with van der Waals surface area (Å²) < 4.78 is 12.6. The lowest BCUT2D eigenvalue weighted by atomic mass is 10.2. The van der Waals surface area contributed by atoms with Gasteiger partial charge in [-0.2, -0.15) is 0 Å². The molecule has 0 aliphatic rings. The lowest BCUT2D eigenvalue weighted by Crippen LogP contribution is -2.36. The Kier molecular flexibility index (Phi) is 4.09. The maximum absolute atomic E-state index is 12.6. The molecule has 0 aromatic heterocycles. The third-order valence-corrected chi connectivity index (χ3v) is 1.82. The van der Waals surface area contributed by atoms with E-state index in [-0.39, 0.29) is 12.2 Å². The Morgan fingerprint density at radius 2 is 2.12 bits per heavy atom. The Bertz CT molecular complexity index is 398. The number of nitrogens with one attached hydrogen (secondary N) is 2. The number of hydrogen-bond acceptors (Lipinski definition) is 3. The molecule has 0 saturated heterocycles. The fraction of sp³-hybridized carbons (Fsp3) is 0.200. The summed E-state index contributed by atoms with van der Waals surface area (Å²) in [6.07, 6.45) is -0.508. The number of benzene rings is 1. The fourth-order valence-corrected chi connectivity index (χ4v) is 1.17. The van der Waals surface area contributed by atoms with E-state index in [1.54, 1.807) is 0 Å². The highest BCUT2D eigenvalue weighted by atomic mass is 19.1. The summed E-state index contributed by atoms with van der Waals surface area (Å²) in [5, 5.41) is 2.89. The molecule has 84 valence electrons. The largest absolute Gasteiger partial charge is 0.370 e. The summed E-state index contributed by atoms with van der Waals surface area (Å²) in [4.78, 5) is 13.9. The number of hydrogen-bond donors (Lipinski definition) is 3. The molecular weight excluding hydrogens is 211 g/mol. The average Bonchev–Trinajstić information content (AvgIpc) is 2.21. The van der Waals surface area contributed by atoms with Gasteiger partial charge < -0.3 is 11.1 Å². The van der Waals surface area contributed by atoms with E-state index in [4.69, 9.17) is 12.3 Å². The molecule has 1 rings (SSSR count). The van der Waals surface area contributed by atoms with Crippen LogP contribution in [0.5, 0.6) is 0 Å². The van der Waals surface area contributed by atoms with Crippen LogP contribution in [0, 0.1) is 12.4 Å². The fourth-order valence-electron chi connectivity index (χ4n) is 1.17. The van der Waals surface area contributed by atoms with Crippen molar-refractivity contribution in [2.45, 2.75) is 12.6 Å². The summed E-state index contributed by atoms with van der Waals surface area (Å²) in [7, 11) is 0. The summed E-state index contributed by atoms with van der Waals surface area (Å²) in [6.45, 7) is 4.94. The Hall–Kier alpha value is -2.29. The monoisotopic (exact) mass is 223 g/mol. The third-order valence-electron chi connectivity index (χ3n) is 1.82. The molecule has 0 spiro atoms. The zero-order chi connectivity index (χ0) is 12.0. The van der Waals surface area contributed by atoms with E-state index in [9.17, 15) is 9.18 Å². The summed E-state index contributed by atoms with van der Waals surface area (Å²) in [5.41, 5.74) is 8.14. The van der Waals surface area contributed by atoms with Crippen LogP contribution in [-0.4, -0.2) is 12.1 Å². The molecular formula is C10H12FN4O+. The number of rotatable bonds is 5. The molecule has 4 N–H and O–H groups in total. The zero-order valence-electron chi connectivity index (χ0n) is 8.48. The average molecular weight is 223 g/mol. The van der Waals surface area contributed by atoms with Crippen LogP contribution in [0.3, 0.4) is 0 Å². The molecule has 1 aromatic carbocycles. The Balaban J connectivity index is 2.64. The first kappa shape index (κ1) is 11.8. The topological polar surface area (TPSA) is 71.5 Å². The standard InChI is InChI=1S/C10H11FN4O/c1-13-15-10(6-9(12)16)14-8-4-2-7(11)3-5-8/h1-5,10,14-15H,6H2,(H-,12,16)/p+1. The summed E-state index contributed by atoms with van der Waals surface area (Å²) in [6, 6.07) is 5.65. The number of anilines is 1. The molecule has 0 heterocycles. The predicted molar refractivity (Wildman–Crippen MR) is 59.1 cm³/mol. The van der Waals surface area contributed by atoms with Crippen LogP contribution in [-0.2, 0) is 4.79 Å². The van der Waals surface area contributed by atoms with Crippen LogP contribution >= 0.6 is 0 Å². The van der Waals surface area contributed by atoms with Crippen molar-refractivity contribution in [3.8, 4) is 6.57 Å². The number of amides is 1. The molecule has 1 unspecified atom stereocenters. The minimum absolute atomic E-state index is 0.0120. The van der Waals surface area contributed by atoms with Gasteiger partial charge in [-0.3, -0.25) is 4.79 Å². The van der Waals surface area contributed by atoms with E-state index in [2.05, 4.69) is 15.7 Å². The molecule has 1 aromatic rings. The number of nitrogens with two attached hydrogens (primary N) is 1. The number of nitrogens with zero attached hydrogens (tertiary/aromatic N) is 1. The highest BCUT2D eigenvalue weighted by molar-refractivity contribution is 5.74. The van der Waals surface area contributed by atoms with Crippen LogP contribution in [0.4, 0.5) is 10.1 Å². The van der Waals surface area contributed by atoms with Gasteiger partial charge in [0.1, 0.15) is 5.82 Å². The highest BCUT2D eigenvalue weighted by Crippen LogP contribution is 2.09. The van der Waals surface area contributed by atoms with Crippen molar-refractivity contribution in [3.63, 3.8) is 0 Å². The van der Waals surface area contributed by atoms with Gasteiger partial charge >= 0.3 is 6.57 Å². The second kappa shape index (κ2) is 5.56.